The van der Waals surface area contributed by atoms with Crippen LogP contribution in [0.3, 0.4) is 0 Å². The van der Waals surface area contributed by atoms with E-state index >= 15 is 0 Å². The highest BCUT2D eigenvalue weighted by molar-refractivity contribution is 7.89. The topological polar surface area (TPSA) is 88.3 Å². The summed E-state index contributed by atoms with van der Waals surface area (Å²) in [6.45, 7) is 2.58. The molecule has 0 aliphatic rings. The fourth-order valence-electron chi connectivity index (χ4n) is 1.59. The Labute approximate surface area is 126 Å². The zero-order valence-electron chi connectivity index (χ0n) is 11.4. The van der Waals surface area contributed by atoms with Gasteiger partial charge in [0.25, 0.3) is 0 Å². The van der Waals surface area contributed by atoms with Crippen LogP contribution < -0.4 is 11.1 Å². The molecule has 0 spiro atoms. The maximum absolute atomic E-state index is 12.2. The van der Waals surface area contributed by atoms with Gasteiger partial charge in [0.2, 0.25) is 10.0 Å². The van der Waals surface area contributed by atoms with Gasteiger partial charge in [-0.15, -0.1) is 11.3 Å². The Balaban J connectivity index is 2.26. The van der Waals surface area contributed by atoms with Crippen LogP contribution in [-0.2, 0) is 16.6 Å². The Morgan fingerprint density at radius 3 is 2.65 bits per heavy atom. The van der Waals surface area contributed by atoms with Crippen molar-refractivity contribution in [3.8, 4) is 0 Å². The number of anilines is 2. The second-order valence-corrected chi connectivity index (χ2v) is 8.61. The molecule has 0 aliphatic carbocycles. The van der Waals surface area contributed by atoms with E-state index in [-0.39, 0.29) is 10.7 Å². The molecule has 0 saturated heterocycles. The lowest BCUT2D eigenvalue weighted by molar-refractivity contribution is 0.521. The van der Waals surface area contributed by atoms with Crippen molar-refractivity contribution in [2.75, 3.05) is 25.1 Å². The Morgan fingerprint density at radius 2 is 2.10 bits per heavy atom. The SMILES string of the molecule is Cc1ccc(CNc2snc(N)c2S(=O)(=O)N(C)C)s1. The highest BCUT2D eigenvalue weighted by Crippen LogP contribution is 2.33. The molecule has 2 rings (SSSR count). The van der Waals surface area contributed by atoms with Crippen LogP contribution in [0.15, 0.2) is 17.0 Å². The average Bonchev–Trinajstić information content (AvgIpc) is 2.93. The largest absolute Gasteiger partial charge is 0.382 e. The van der Waals surface area contributed by atoms with Crippen molar-refractivity contribution in [3.63, 3.8) is 0 Å². The first-order chi connectivity index (χ1) is 9.32. The Kier molecular flexibility index (Phi) is 4.33. The summed E-state index contributed by atoms with van der Waals surface area (Å²) in [5, 5.41) is 3.58. The molecule has 2 aromatic heterocycles. The van der Waals surface area contributed by atoms with E-state index in [9.17, 15) is 8.42 Å². The first-order valence-electron chi connectivity index (χ1n) is 5.79. The quantitative estimate of drug-likeness (QED) is 0.874. The van der Waals surface area contributed by atoms with Crippen molar-refractivity contribution in [3.05, 3.63) is 21.9 Å². The summed E-state index contributed by atoms with van der Waals surface area (Å²) in [7, 11) is -0.655. The van der Waals surface area contributed by atoms with Gasteiger partial charge in [0.05, 0.1) is 6.54 Å². The predicted molar refractivity (Wildman–Crippen MR) is 83.8 cm³/mol. The molecular weight excluding hydrogens is 316 g/mol. The fourth-order valence-corrected chi connectivity index (χ4v) is 4.49. The number of nitrogens with one attached hydrogen (secondary N) is 1. The molecule has 110 valence electrons. The van der Waals surface area contributed by atoms with E-state index in [2.05, 4.69) is 9.69 Å². The summed E-state index contributed by atoms with van der Waals surface area (Å²) in [4.78, 5) is 2.40. The zero-order valence-corrected chi connectivity index (χ0v) is 13.8. The van der Waals surface area contributed by atoms with Crippen molar-refractivity contribution >= 4 is 43.7 Å². The molecule has 2 aromatic rings. The molecule has 0 radical (unpaired) electrons. The van der Waals surface area contributed by atoms with Crippen molar-refractivity contribution in [1.29, 1.82) is 0 Å². The molecule has 2 heterocycles. The third-order valence-electron chi connectivity index (χ3n) is 2.63. The number of nitrogens with zero attached hydrogens (tertiary/aromatic N) is 2. The molecule has 3 N–H and O–H groups in total. The molecule has 0 bridgehead atoms. The second kappa shape index (κ2) is 5.68. The average molecular weight is 332 g/mol. The summed E-state index contributed by atoms with van der Waals surface area (Å²) >= 11 is 2.72. The van der Waals surface area contributed by atoms with E-state index in [1.807, 2.05) is 19.1 Å². The van der Waals surface area contributed by atoms with Crippen LogP contribution in [0.1, 0.15) is 9.75 Å². The van der Waals surface area contributed by atoms with E-state index in [0.29, 0.717) is 11.5 Å². The molecule has 0 amide bonds. The van der Waals surface area contributed by atoms with Crippen LogP contribution in [0.2, 0.25) is 0 Å². The van der Waals surface area contributed by atoms with Gasteiger partial charge >= 0.3 is 0 Å². The number of nitrogens with two attached hydrogens (primary N) is 1. The minimum Gasteiger partial charge on any atom is -0.382 e. The summed E-state index contributed by atoms with van der Waals surface area (Å²) in [6, 6.07) is 4.04. The lowest BCUT2D eigenvalue weighted by Crippen LogP contribution is -2.23. The molecule has 0 unspecified atom stereocenters. The number of hydrogen-bond acceptors (Lipinski definition) is 7. The van der Waals surface area contributed by atoms with E-state index < -0.39 is 10.0 Å². The van der Waals surface area contributed by atoms with Gasteiger partial charge in [0.1, 0.15) is 5.00 Å². The number of sulfonamides is 1. The standard InChI is InChI=1S/C11H16N4O2S3/c1-7-4-5-8(18-7)6-13-11-9(10(12)14-19-11)20(16,17)15(2)3/h4-5,13H,6H2,1-3H3,(H2,12,14). The van der Waals surface area contributed by atoms with Crippen molar-refractivity contribution in [2.45, 2.75) is 18.4 Å². The summed E-state index contributed by atoms with van der Waals surface area (Å²) in [5.74, 6) is 0.0357. The maximum Gasteiger partial charge on any atom is 0.249 e. The number of aromatic nitrogens is 1. The van der Waals surface area contributed by atoms with Gasteiger partial charge in [-0.05, 0) is 30.6 Å². The first-order valence-corrected chi connectivity index (χ1v) is 8.82. The van der Waals surface area contributed by atoms with Crippen LogP contribution in [-0.4, -0.2) is 31.2 Å². The minimum absolute atomic E-state index is 0.0357. The molecule has 0 aromatic carbocycles. The zero-order chi connectivity index (χ0) is 14.9. The van der Waals surface area contributed by atoms with Crippen molar-refractivity contribution < 1.29 is 8.42 Å². The van der Waals surface area contributed by atoms with Gasteiger partial charge in [-0.25, -0.2) is 12.7 Å². The van der Waals surface area contributed by atoms with Crippen molar-refractivity contribution in [2.24, 2.45) is 0 Å². The molecule has 0 atom stereocenters. The van der Waals surface area contributed by atoms with Crippen LogP contribution in [0, 0.1) is 6.92 Å². The van der Waals surface area contributed by atoms with E-state index in [1.54, 1.807) is 11.3 Å². The number of thiophene rings is 1. The third kappa shape index (κ3) is 2.95. The molecule has 0 saturated carbocycles. The molecule has 9 heteroatoms. The highest BCUT2D eigenvalue weighted by atomic mass is 32.2. The molecule has 0 aliphatic heterocycles. The lowest BCUT2D eigenvalue weighted by atomic mass is 10.4. The van der Waals surface area contributed by atoms with Crippen LogP contribution in [0.4, 0.5) is 10.8 Å². The van der Waals surface area contributed by atoms with E-state index in [4.69, 9.17) is 5.73 Å². The first kappa shape index (κ1) is 15.2. The lowest BCUT2D eigenvalue weighted by Gasteiger charge is -2.12. The molecule has 6 nitrogen and oxygen atoms in total. The van der Waals surface area contributed by atoms with Crippen LogP contribution >= 0.6 is 22.9 Å². The Bertz CT molecular complexity index is 703. The summed E-state index contributed by atoms with van der Waals surface area (Å²) in [6.07, 6.45) is 0. The van der Waals surface area contributed by atoms with Crippen molar-refractivity contribution in [1.82, 2.24) is 8.68 Å². The minimum atomic E-state index is -3.60. The van der Waals surface area contributed by atoms with Gasteiger partial charge in [0, 0.05) is 23.8 Å². The number of nitrogen functional groups attached to an aromatic ring is 1. The Morgan fingerprint density at radius 1 is 1.40 bits per heavy atom. The van der Waals surface area contributed by atoms with Gasteiger partial charge in [-0.3, -0.25) is 0 Å². The van der Waals surface area contributed by atoms with Gasteiger partial charge in [0.15, 0.2) is 10.7 Å². The molecule has 20 heavy (non-hydrogen) atoms. The highest BCUT2D eigenvalue weighted by Gasteiger charge is 2.27. The second-order valence-electron chi connectivity index (χ2n) is 4.38. The smallest absolute Gasteiger partial charge is 0.249 e. The molecular formula is C11H16N4O2S3. The van der Waals surface area contributed by atoms with Crippen LogP contribution in [0.25, 0.3) is 0 Å². The monoisotopic (exact) mass is 332 g/mol. The summed E-state index contributed by atoms with van der Waals surface area (Å²) in [5.41, 5.74) is 5.69. The Hall–Kier alpha value is -1.16. The number of aryl methyl sites for hydroxylation is 1. The van der Waals surface area contributed by atoms with E-state index in [1.165, 1.54) is 19.0 Å². The number of hydrogen-bond donors (Lipinski definition) is 2. The number of rotatable bonds is 5. The fraction of sp³-hybridized carbons (Fsp3) is 0.364. The van der Waals surface area contributed by atoms with E-state index in [0.717, 1.165) is 20.7 Å². The predicted octanol–water partition coefficient (Wildman–Crippen LogP) is 1.96. The normalized spacial score (nSPS) is 12.0. The third-order valence-corrected chi connectivity index (χ3v) is 6.47. The van der Waals surface area contributed by atoms with Crippen LogP contribution in [0.5, 0.6) is 0 Å². The summed E-state index contributed by atoms with van der Waals surface area (Å²) < 4.78 is 29.5. The van der Waals surface area contributed by atoms with Gasteiger partial charge in [-0.1, -0.05) is 0 Å². The molecule has 0 fully saturated rings. The maximum atomic E-state index is 12.2. The van der Waals surface area contributed by atoms with Gasteiger partial charge in [-0.2, -0.15) is 4.37 Å². The van der Waals surface area contributed by atoms with Gasteiger partial charge < -0.3 is 11.1 Å².